The summed E-state index contributed by atoms with van der Waals surface area (Å²) in [6.45, 7) is 1.36. The van der Waals surface area contributed by atoms with E-state index >= 15 is 0 Å². The van der Waals surface area contributed by atoms with E-state index in [-0.39, 0.29) is 23.0 Å². The molecule has 0 fully saturated rings. The number of nitro benzene ring substituents is 1. The van der Waals surface area contributed by atoms with Gasteiger partial charge in [-0.05, 0) is 30.7 Å². The van der Waals surface area contributed by atoms with Crippen LogP contribution in [0.15, 0.2) is 42.5 Å². The highest BCUT2D eigenvalue weighted by Gasteiger charge is 2.18. The molecule has 0 aliphatic rings. The number of rotatable bonds is 7. The molecule has 0 radical (unpaired) electrons. The highest BCUT2D eigenvalue weighted by Crippen LogP contribution is 2.27. The van der Waals surface area contributed by atoms with Gasteiger partial charge >= 0.3 is 5.69 Å². The van der Waals surface area contributed by atoms with Crippen LogP contribution in [0.4, 0.5) is 5.69 Å². The van der Waals surface area contributed by atoms with E-state index in [1.54, 1.807) is 31.2 Å². The van der Waals surface area contributed by atoms with Crippen LogP contribution < -0.4 is 10.1 Å². The molecule has 0 saturated heterocycles. The predicted molar refractivity (Wildman–Crippen MR) is 92.0 cm³/mol. The van der Waals surface area contributed by atoms with Crippen molar-refractivity contribution in [3.05, 3.63) is 68.7 Å². The number of hydrogen-bond donors (Lipinski definition) is 1. The monoisotopic (exact) mass is 362 g/mol. The maximum Gasteiger partial charge on any atom is 0.311 e. The summed E-state index contributed by atoms with van der Waals surface area (Å²) in [5.74, 6) is -0.544. The Morgan fingerprint density at radius 3 is 2.72 bits per heavy atom. The number of hydrogen-bond acceptors (Lipinski definition) is 5. The number of nitrogens with one attached hydrogen (secondary N) is 1. The quantitative estimate of drug-likeness (QED) is 0.463. The molecule has 0 saturated carbocycles. The molecule has 0 unspecified atom stereocenters. The number of carbonyl (C=O) groups is 2. The van der Waals surface area contributed by atoms with Crippen LogP contribution in [0.1, 0.15) is 28.9 Å². The van der Waals surface area contributed by atoms with Crippen LogP contribution in [-0.2, 0) is 4.79 Å². The molecule has 1 atom stereocenters. The van der Waals surface area contributed by atoms with Crippen molar-refractivity contribution >= 4 is 29.5 Å². The Hall–Kier alpha value is -2.93. The van der Waals surface area contributed by atoms with Crippen LogP contribution in [0.3, 0.4) is 0 Å². The van der Waals surface area contributed by atoms with Crippen LogP contribution in [-0.4, -0.2) is 23.7 Å². The maximum atomic E-state index is 12.0. The molecule has 0 bridgehead atoms. The first kappa shape index (κ1) is 18.4. The fourth-order valence-corrected chi connectivity index (χ4v) is 2.50. The molecule has 1 N–H and O–H groups in total. The van der Waals surface area contributed by atoms with Gasteiger partial charge in [0.15, 0.2) is 12.4 Å². The highest BCUT2D eigenvalue weighted by molar-refractivity contribution is 6.31. The molecule has 8 heteroatoms. The minimum absolute atomic E-state index is 0.0869. The lowest BCUT2D eigenvalue weighted by Gasteiger charge is -2.16. The summed E-state index contributed by atoms with van der Waals surface area (Å²) in [5.41, 5.74) is 0.520. The van der Waals surface area contributed by atoms with E-state index in [0.29, 0.717) is 11.3 Å². The van der Waals surface area contributed by atoms with Crippen molar-refractivity contribution in [1.82, 2.24) is 5.32 Å². The van der Waals surface area contributed by atoms with Crippen molar-refractivity contribution < 1.29 is 19.2 Å². The zero-order valence-corrected chi connectivity index (χ0v) is 14.0. The van der Waals surface area contributed by atoms with E-state index in [9.17, 15) is 19.7 Å². The molecule has 0 heterocycles. The Morgan fingerprint density at radius 2 is 2.08 bits per heavy atom. The van der Waals surface area contributed by atoms with Crippen LogP contribution >= 0.6 is 11.6 Å². The maximum absolute atomic E-state index is 12.0. The first-order valence-corrected chi connectivity index (χ1v) is 7.70. The fraction of sp³-hybridized carbons (Fsp3) is 0.176. The van der Waals surface area contributed by atoms with Crippen molar-refractivity contribution in [2.45, 2.75) is 13.0 Å². The number of aldehydes is 1. The second kappa shape index (κ2) is 8.25. The van der Waals surface area contributed by atoms with Crippen LogP contribution in [0.25, 0.3) is 0 Å². The average molecular weight is 363 g/mol. The van der Waals surface area contributed by atoms with E-state index in [1.165, 1.54) is 12.1 Å². The number of nitrogens with zero attached hydrogens (tertiary/aromatic N) is 1. The zero-order valence-electron chi connectivity index (χ0n) is 13.3. The van der Waals surface area contributed by atoms with Gasteiger partial charge in [0.05, 0.1) is 11.0 Å². The van der Waals surface area contributed by atoms with Gasteiger partial charge in [-0.1, -0.05) is 29.8 Å². The number of nitro groups is 1. The fourth-order valence-electron chi connectivity index (χ4n) is 2.20. The highest BCUT2D eigenvalue weighted by atomic mass is 35.5. The normalized spacial score (nSPS) is 11.4. The second-order valence-electron chi connectivity index (χ2n) is 5.20. The van der Waals surface area contributed by atoms with Gasteiger partial charge < -0.3 is 10.1 Å². The van der Waals surface area contributed by atoms with Gasteiger partial charge in [0.1, 0.15) is 6.29 Å². The molecule has 0 aliphatic heterocycles. The van der Waals surface area contributed by atoms with Crippen LogP contribution in [0, 0.1) is 10.1 Å². The molecular weight excluding hydrogens is 348 g/mol. The number of benzene rings is 2. The SMILES string of the molecule is C[C@H](NC(=O)COc1ccc(C=O)cc1[N+](=O)[O-])c1ccccc1Cl. The molecule has 0 aromatic heterocycles. The molecule has 2 rings (SSSR count). The summed E-state index contributed by atoms with van der Waals surface area (Å²) in [6.07, 6.45) is 0.495. The first-order chi connectivity index (χ1) is 11.9. The first-order valence-electron chi connectivity index (χ1n) is 7.32. The van der Waals surface area contributed by atoms with E-state index in [0.717, 1.165) is 11.6 Å². The Bertz CT molecular complexity index is 809. The molecule has 7 nitrogen and oxygen atoms in total. The molecule has 25 heavy (non-hydrogen) atoms. The standard InChI is InChI=1S/C17H15ClN2O5/c1-11(13-4-2-3-5-14(13)18)19-17(22)10-25-16-7-6-12(9-21)8-15(16)20(23)24/h2-9,11H,10H2,1H3,(H,19,22)/t11-/m0/s1. The predicted octanol–water partition coefficient (Wildman–Crippen LogP) is 3.32. The van der Waals surface area contributed by atoms with Gasteiger partial charge in [-0.2, -0.15) is 0 Å². The molecule has 2 aromatic carbocycles. The summed E-state index contributed by atoms with van der Waals surface area (Å²) >= 11 is 6.07. The topological polar surface area (TPSA) is 98.5 Å². The third kappa shape index (κ3) is 4.77. The lowest BCUT2D eigenvalue weighted by molar-refractivity contribution is -0.385. The Balaban J connectivity index is 2.02. The average Bonchev–Trinajstić information content (AvgIpc) is 2.60. The van der Waals surface area contributed by atoms with E-state index in [4.69, 9.17) is 16.3 Å². The smallest absolute Gasteiger partial charge is 0.311 e. The summed E-state index contributed by atoms with van der Waals surface area (Å²) in [5, 5.41) is 14.3. The Kier molecular flexibility index (Phi) is 6.08. The van der Waals surface area contributed by atoms with Crippen LogP contribution in [0.2, 0.25) is 5.02 Å². The summed E-state index contributed by atoms with van der Waals surface area (Å²) in [4.78, 5) is 33.1. The number of halogens is 1. The minimum atomic E-state index is -0.674. The summed E-state index contributed by atoms with van der Waals surface area (Å²) in [7, 11) is 0. The second-order valence-corrected chi connectivity index (χ2v) is 5.61. The van der Waals surface area contributed by atoms with Gasteiger partial charge in [0, 0.05) is 16.7 Å². The lowest BCUT2D eigenvalue weighted by Crippen LogP contribution is -2.31. The Morgan fingerprint density at radius 1 is 1.36 bits per heavy atom. The minimum Gasteiger partial charge on any atom is -0.477 e. The summed E-state index contributed by atoms with van der Waals surface area (Å²) in [6, 6.07) is 10.5. The molecule has 1 amide bonds. The zero-order chi connectivity index (χ0) is 18.4. The van der Waals surface area contributed by atoms with E-state index in [1.807, 2.05) is 0 Å². The van der Waals surface area contributed by atoms with Crippen LogP contribution in [0.5, 0.6) is 5.75 Å². The Labute approximate surface area is 148 Å². The van der Waals surface area contributed by atoms with Gasteiger partial charge in [0.2, 0.25) is 0 Å². The van der Waals surface area contributed by atoms with Crippen molar-refractivity contribution in [2.24, 2.45) is 0 Å². The van der Waals surface area contributed by atoms with E-state index in [2.05, 4.69) is 5.32 Å². The van der Waals surface area contributed by atoms with Crippen molar-refractivity contribution in [3.63, 3.8) is 0 Å². The van der Waals surface area contributed by atoms with Gasteiger partial charge in [-0.15, -0.1) is 0 Å². The third-order valence-electron chi connectivity index (χ3n) is 3.42. The van der Waals surface area contributed by atoms with Crippen molar-refractivity contribution in [1.29, 1.82) is 0 Å². The number of carbonyl (C=O) groups excluding carboxylic acids is 2. The van der Waals surface area contributed by atoms with Gasteiger partial charge in [-0.25, -0.2) is 0 Å². The lowest BCUT2D eigenvalue weighted by atomic mass is 10.1. The number of amides is 1. The summed E-state index contributed by atoms with van der Waals surface area (Å²) < 4.78 is 5.22. The number of ether oxygens (including phenoxy) is 1. The molecule has 0 spiro atoms. The van der Waals surface area contributed by atoms with E-state index < -0.39 is 17.4 Å². The molecule has 2 aromatic rings. The van der Waals surface area contributed by atoms with Crippen molar-refractivity contribution in [2.75, 3.05) is 6.61 Å². The molecule has 0 aliphatic carbocycles. The van der Waals surface area contributed by atoms with Gasteiger partial charge in [-0.3, -0.25) is 19.7 Å². The molecular formula is C17H15ClN2O5. The molecule has 130 valence electrons. The largest absolute Gasteiger partial charge is 0.477 e. The van der Waals surface area contributed by atoms with Crippen molar-refractivity contribution in [3.8, 4) is 5.75 Å². The third-order valence-corrected chi connectivity index (χ3v) is 3.77. The van der Waals surface area contributed by atoms with Gasteiger partial charge in [0.25, 0.3) is 5.91 Å².